The van der Waals surface area contributed by atoms with Crippen LogP contribution in [-0.2, 0) is 0 Å². The van der Waals surface area contributed by atoms with Gasteiger partial charge in [-0.1, -0.05) is 30.1 Å². The summed E-state index contributed by atoms with van der Waals surface area (Å²) in [5, 5.41) is 1.35. The van der Waals surface area contributed by atoms with Crippen molar-refractivity contribution in [1.29, 1.82) is 0 Å². The van der Waals surface area contributed by atoms with Crippen molar-refractivity contribution in [1.82, 2.24) is 0 Å². The maximum atomic E-state index is 5.96. The highest BCUT2D eigenvalue weighted by molar-refractivity contribution is 6.34. The smallest absolute Gasteiger partial charge is 0.0423 e. The fourth-order valence-corrected chi connectivity index (χ4v) is 2.33. The Hall–Kier alpha value is -0.280. The summed E-state index contributed by atoms with van der Waals surface area (Å²) in [5.41, 5.74) is 12.4. The van der Waals surface area contributed by atoms with E-state index >= 15 is 0 Å². The van der Waals surface area contributed by atoms with Crippen molar-refractivity contribution in [2.45, 2.75) is 19.3 Å². The molecule has 0 radical (unpaired) electrons. The summed E-state index contributed by atoms with van der Waals surface area (Å²) in [6, 6.07) is 5.63. The van der Waals surface area contributed by atoms with Crippen LogP contribution in [0.3, 0.4) is 0 Å². The summed E-state index contributed by atoms with van der Waals surface area (Å²) in [6.07, 6.45) is 0.962. The number of halogens is 2. The van der Waals surface area contributed by atoms with Crippen molar-refractivity contribution in [3.05, 3.63) is 33.8 Å². The third-order valence-corrected chi connectivity index (χ3v) is 3.24. The van der Waals surface area contributed by atoms with Crippen molar-refractivity contribution in [2.24, 2.45) is 17.4 Å². The number of nitrogens with two attached hydrogens (primary N) is 2. The molecule has 1 rings (SSSR count). The summed E-state index contributed by atoms with van der Waals surface area (Å²) >= 11 is 11.9. The zero-order chi connectivity index (χ0) is 12.1. The molecule has 0 aromatic heterocycles. The maximum absolute atomic E-state index is 5.96. The van der Waals surface area contributed by atoms with E-state index in [2.05, 4.69) is 6.92 Å². The van der Waals surface area contributed by atoms with Gasteiger partial charge in [0.25, 0.3) is 0 Å². The molecule has 0 heterocycles. The molecule has 1 unspecified atom stereocenters. The Morgan fingerprint density at radius 2 is 1.56 bits per heavy atom. The van der Waals surface area contributed by atoms with Gasteiger partial charge in [-0.05, 0) is 55.1 Å². The number of rotatable bonds is 5. The number of hydrogen-bond donors (Lipinski definition) is 2. The van der Waals surface area contributed by atoms with Gasteiger partial charge in [0.2, 0.25) is 0 Å². The molecule has 0 aliphatic heterocycles. The lowest BCUT2D eigenvalue weighted by Gasteiger charge is -2.18. The summed E-state index contributed by atoms with van der Waals surface area (Å²) in [7, 11) is 0. The highest BCUT2D eigenvalue weighted by Crippen LogP contribution is 2.28. The Morgan fingerprint density at radius 3 is 2.00 bits per heavy atom. The third kappa shape index (κ3) is 3.95. The summed E-state index contributed by atoms with van der Waals surface area (Å²) < 4.78 is 0. The molecule has 1 aromatic rings. The Labute approximate surface area is 107 Å². The topological polar surface area (TPSA) is 52.0 Å². The van der Waals surface area contributed by atoms with Crippen LogP contribution in [0.25, 0.3) is 0 Å². The van der Waals surface area contributed by atoms with E-state index < -0.39 is 0 Å². The summed E-state index contributed by atoms with van der Waals surface area (Å²) in [6.45, 7) is 3.38. The SMILES string of the molecule is CC(CC(CN)CN)c1cc(Cl)cc(Cl)c1. The first kappa shape index (κ1) is 13.8. The molecule has 0 aliphatic rings. The van der Waals surface area contributed by atoms with E-state index in [0.29, 0.717) is 35.0 Å². The van der Waals surface area contributed by atoms with E-state index in [9.17, 15) is 0 Å². The maximum Gasteiger partial charge on any atom is 0.0423 e. The highest BCUT2D eigenvalue weighted by Gasteiger charge is 2.13. The zero-order valence-electron chi connectivity index (χ0n) is 9.42. The standard InChI is InChI=1S/C12H18Cl2N2/c1-8(2-9(6-15)7-16)10-3-11(13)5-12(14)4-10/h3-5,8-9H,2,6-7,15-16H2,1H3. The Balaban J connectivity index is 2.75. The second-order valence-corrected chi connectivity index (χ2v) is 5.05. The van der Waals surface area contributed by atoms with Gasteiger partial charge in [0, 0.05) is 10.0 Å². The summed E-state index contributed by atoms with van der Waals surface area (Å²) in [5.74, 6) is 0.723. The van der Waals surface area contributed by atoms with E-state index in [0.717, 1.165) is 12.0 Å². The van der Waals surface area contributed by atoms with Gasteiger partial charge in [-0.25, -0.2) is 0 Å². The molecular formula is C12H18Cl2N2. The second-order valence-electron chi connectivity index (χ2n) is 4.18. The highest BCUT2D eigenvalue weighted by atomic mass is 35.5. The Morgan fingerprint density at radius 1 is 1.06 bits per heavy atom. The van der Waals surface area contributed by atoms with E-state index in [1.165, 1.54) is 0 Å². The number of hydrogen-bond acceptors (Lipinski definition) is 2. The van der Waals surface area contributed by atoms with Crippen molar-refractivity contribution in [2.75, 3.05) is 13.1 Å². The Bertz CT molecular complexity index is 318. The van der Waals surface area contributed by atoms with Crippen molar-refractivity contribution < 1.29 is 0 Å². The summed E-state index contributed by atoms with van der Waals surface area (Å²) in [4.78, 5) is 0. The first-order valence-electron chi connectivity index (χ1n) is 5.43. The van der Waals surface area contributed by atoms with Crippen LogP contribution in [0.5, 0.6) is 0 Å². The van der Waals surface area contributed by atoms with Gasteiger partial charge in [-0.3, -0.25) is 0 Å². The molecule has 1 aromatic carbocycles. The minimum atomic E-state index is 0.354. The van der Waals surface area contributed by atoms with E-state index in [-0.39, 0.29) is 0 Å². The molecule has 0 amide bonds. The fraction of sp³-hybridized carbons (Fsp3) is 0.500. The minimum Gasteiger partial charge on any atom is -0.330 e. The predicted octanol–water partition coefficient (Wildman–Crippen LogP) is 3.02. The molecule has 16 heavy (non-hydrogen) atoms. The van der Waals surface area contributed by atoms with E-state index in [4.69, 9.17) is 34.7 Å². The molecule has 4 heteroatoms. The van der Waals surface area contributed by atoms with Gasteiger partial charge in [0.05, 0.1) is 0 Å². The number of benzene rings is 1. The van der Waals surface area contributed by atoms with Gasteiger partial charge >= 0.3 is 0 Å². The van der Waals surface area contributed by atoms with Crippen LogP contribution >= 0.6 is 23.2 Å². The van der Waals surface area contributed by atoms with Gasteiger partial charge in [0.1, 0.15) is 0 Å². The van der Waals surface area contributed by atoms with Crippen LogP contribution in [0, 0.1) is 5.92 Å². The molecule has 0 saturated carbocycles. The minimum absolute atomic E-state index is 0.354. The van der Waals surface area contributed by atoms with Gasteiger partial charge in [0.15, 0.2) is 0 Å². The average molecular weight is 261 g/mol. The van der Waals surface area contributed by atoms with E-state index in [1.54, 1.807) is 6.07 Å². The normalized spacial score (nSPS) is 13.1. The zero-order valence-corrected chi connectivity index (χ0v) is 10.9. The molecule has 90 valence electrons. The van der Waals surface area contributed by atoms with Gasteiger partial charge in [-0.15, -0.1) is 0 Å². The first-order chi connectivity index (χ1) is 7.56. The predicted molar refractivity (Wildman–Crippen MR) is 71.1 cm³/mol. The molecule has 0 aliphatic carbocycles. The molecule has 1 atom stereocenters. The second kappa shape index (κ2) is 6.45. The molecule has 0 spiro atoms. The van der Waals surface area contributed by atoms with Crippen LogP contribution in [0.15, 0.2) is 18.2 Å². The quantitative estimate of drug-likeness (QED) is 0.856. The molecule has 4 N–H and O–H groups in total. The lowest BCUT2D eigenvalue weighted by atomic mass is 9.90. The van der Waals surface area contributed by atoms with Crippen LogP contribution in [0.1, 0.15) is 24.8 Å². The van der Waals surface area contributed by atoms with Crippen LogP contribution in [0.4, 0.5) is 0 Å². The fourth-order valence-electron chi connectivity index (χ4n) is 1.78. The lowest BCUT2D eigenvalue weighted by Crippen LogP contribution is -2.24. The van der Waals surface area contributed by atoms with Gasteiger partial charge < -0.3 is 11.5 Å². The van der Waals surface area contributed by atoms with Gasteiger partial charge in [-0.2, -0.15) is 0 Å². The average Bonchev–Trinajstić information content (AvgIpc) is 2.24. The van der Waals surface area contributed by atoms with Crippen LogP contribution < -0.4 is 11.5 Å². The van der Waals surface area contributed by atoms with Crippen LogP contribution in [0.2, 0.25) is 10.0 Å². The first-order valence-corrected chi connectivity index (χ1v) is 6.18. The van der Waals surface area contributed by atoms with Crippen molar-refractivity contribution >= 4 is 23.2 Å². The van der Waals surface area contributed by atoms with Crippen molar-refractivity contribution in [3.8, 4) is 0 Å². The lowest BCUT2D eigenvalue weighted by molar-refractivity contribution is 0.465. The molecule has 0 saturated heterocycles. The largest absolute Gasteiger partial charge is 0.330 e. The third-order valence-electron chi connectivity index (χ3n) is 2.81. The molecular weight excluding hydrogens is 243 g/mol. The van der Waals surface area contributed by atoms with E-state index in [1.807, 2.05) is 12.1 Å². The van der Waals surface area contributed by atoms with Crippen LogP contribution in [-0.4, -0.2) is 13.1 Å². The molecule has 0 fully saturated rings. The Kier molecular flexibility index (Phi) is 5.56. The molecule has 2 nitrogen and oxygen atoms in total. The molecule has 0 bridgehead atoms. The monoisotopic (exact) mass is 260 g/mol. The van der Waals surface area contributed by atoms with Crippen molar-refractivity contribution in [3.63, 3.8) is 0 Å².